The van der Waals surface area contributed by atoms with Gasteiger partial charge in [0.05, 0.1) is 5.39 Å². The Morgan fingerprint density at radius 2 is 2.40 bits per heavy atom. The number of H-pyrrole nitrogens is 1. The van der Waals surface area contributed by atoms with E-state index in [1.165, 1.54) is 6.42 Å². The highest BCUT2D eigenvalue weighted by Crippen LogP contribution is 2.26. The van der Waals surface area contributed by atoms with E-state index in [0.29, 0.717) is 0 Å². The van der Waals surface area contributed by atoms with Crippen molar-refractivity contribution in [2.24, 2.45) is 5.92 Å². The first kappa shape index (κ1) is 8.71. The van der Waals surface area contributed by atoms with Crippen LogP contribution < -0.4 is 4.90 Å². The molecule has 15 heavy (non-hydrogen) atoms. The molecule has 0 bridgehead atoms. The molecule has 0 radical (unpaired) electrons. The molecule has 1 unspecified atom stereocenters. The minimum Gasteiger partial charge on any atom is -0.356 e. The number of anilines is 1. The van der Waals surface area contributed by atoms with Gasteiger partial charge in [-0.2, -0.15) is 0 Å². The summed E-state index contributed by atoms with van der Waals surface area (Å²) in [5, 5.41) is 1.13. The Morgan fingerprint density at radius 1 is 1.47 bits per heavy atom. The van der Waals surface area contributed by atoms with Crippen LogP contribution in [0.1, 0.15) is 13.3 Å². The van der Waals surface area contributed by atoms with Gasteiger partial charge in [-0.1, -0.05) is 6.92 Å². The van der Waals surface area contributed by atoms with Crippen molar-refractivity contribution in [2.45, 2.75) is 13.3 Å². The van der Waals surface area contributed by atoms with Gasteiger partial charge in [-0.25, -0.2) is 9.97 Å². The molecule has 1 aliphatic rings. The first-order valence-electron chi connectivity index (χ1n) is 5.37. The van der Waals surface area contributed by atoms with Crippen LogP contribution in [0.4, 0.5) is 5.82 Å². The summed E-state index contributed by atoms with van der Waals surface area (Å²) in [6.07, 6.45) is 4.81. The quantitative estimate of drug-likeness (QED) is 0.767. The summed E-state index contributed by atoms with van der Waals surface area (Å²) in [7, 11) is 0. The van der Waals surface area contributed by atoms with Gasteiger partial charge in [-0.3, -0.25) is 0 Å². The van der Waals surface area contributed by atoms with E-state index in [2.05, 4.69) is 26.8 Å². The zero-order valence-electron chi connectivity index (χ0n) is 8.77. The molecule has 4 heteroatoms. The van der Waals surface area contributed by atoms with Gasteiger partial charge < -0.3 is 9.88 Å². The van der Waals surface area contributed by atoms with E-state index in [4.69, 9.17) is 0 Å². The molecule has 2 aromatic rings. The van der Waals surface area contributed by atoms with Crippen LogP contribution in [0.3, 0.4) is 0 Å². The van der Waals surface area contributed by atoms with Crippen LogP contribution >= 0.6 is 0 Å². The number of aromatic nitrogens is 3. The summed E-state index contributed by atoms with van der Waals surface area (Å²) >= 11 is 0. The minimum absolute atomic E-state index is 0.772. The molecule has 1 aliphatic heterocycles. The summed E-state index contributed by atoms with van der Waals surface area (Å²) in [4.78, 5) is 14.1. The molecule has 1 atom stereocenters. The van der Waals surface area contributed by atoms with Crippen LogP contribution in [-0.2, 0) is 0 Å². The van der Waals surface area contributed by atoms with Crippen LogP contribution in [0.25, 0.3) is 11.0 Å². The molecule has 1 saturated heterocycles. The Kier molecular flexibility index (Phi) is 1.87. The van der Waals surface area contributed by atoms with Crippen molar-refractivity contribution < 1.29 is 0 Å². The van der Waals surface area contributed by atoms with Crippen LogP contribution in [0.2, 0.25) is 0 Å². The van der Waals surface area contributed by atoms with E-state index in [9.17, 15) is 0 Å². The van der Waals surface area contributed by atoms with Gasteiger partial charge in [-0.05, 0) is 18.4 Å². The zero-order chi connectivity index (χ0) is 10.3. The van der Waals surface area contributed by atoms with Crippen LogP contribution in [0, 0.1) is 5.92 Å². The first-order valence-corrected chi connectivity index (χ1v) is 5.37. The Bertz CT molecular complexity index is 476. The molecule has 4 nitrogen and oxygen atoms in total. The SMILES string of the molecule is CC1CCN(c2ncnc3[nH]ccc23)C1. The summed E-state index contributed by atoms with van der Waals surface area (Å²) in [6.45, 7) is 4.51. The van der Waals surface area contributed by atoms with E-state index < -0.39 is 0 Å². The fourth-order valence-corrected chi connectivity index (χ4v) is 2.24. The highest BCUT2D eigenvalue weighted by atomic mass is 15.2. The predicted octanol–water partition coefficient (Wildman–Crippen LogP) is 1.80. The molecular weight excluding hydrogens is 188 g/mol. The average Bonchev–Trinajstić information content (AvgIpc) is 2.84. The Morgan fingerprint density at radius 3 is 3.20 bits per heavy atom. The normalized spacial score (nSPS) is 21.4. The molecular formula is C11H14N4. The second-order valence-electron chi connectivity index (χ2n) is 4.28. The Labute approximate surface area is 88.3 Å². The maximum Gasteiger partial charge on any atom is 0.142 e. The lowest BCUT2D eigenvalue weighted by Gasteiger charge is -2.17. The van der Waals surface area contributed by atoms with Gasteiger partial charge in [0.25, 0.3) is 0 Å². The third-order valence-corrected chi connectivity index (χ3v) is 3.06. The molecule has 0 spiro atoms. The summed E-state index contributed by atoms with van der Waals surface area (Å²) in [5.74, 6) is 1.85. The van der Waals surface area contributed by atoms with Gasteiger partial charge >= 0.3 is 0 Å². The first-order chi connectivity index (χ1) is 7.34. The fourth-order valence-electron chi connectivity index (χ4n) is 2.24. The smallest absolute Gasteiger partial charge is 0.142 e. The van der Waals surface area contributed by atoms with Crippen LogP contribution in [-0.4, -0.2) is 28.0 Å². The maximum atomic E-state index is 4.39. The highest BCUT2D eigenvalue weighted by molar-refractivity contribution is 5.87. The lowest BCUT2D eigenvalue weighted by atomic mass is 10.2. The topological polar surface area (TPSA) is 44.8 Å². The predicted molar refractivity (Wildman–Crippen MR) is 59.9 cm³/mol. The zero-order valence-corrected chi connectivity index (χ0v) is 8.77. The van der Waals surface area contributed by atoms with E-state index in [0.717, 1.165) is 35.9 Å². The van der Waals surface area contributed by atoms with Gasteiger partial charge in [0.15, 0.2) is 0 Å². The third-order valence-electron chi connectivity index (χ3n) is 3.06. The number of nitrogens with one attached hydrogen (secondary N) is 1. The van der Waals surface area contributed by atoms with E-state index in [1.807, 2.05) is 12.3 Å². The van der Waals surface area contributed by atoms with Crippen LogP contribution in [0.15, 0.2) is 18.6 Å². The molecule has 0 amide bonds. The largest absolute Gasteiger partial charge is 0.356 e. The van der Waals surface area contributed by atoms with E-state index in [-0.39, 0.29) is 0 Å². The molecule has 3 heterocycles. The number of rotatable bonds is 1. The Balaban J connectivity index is 2.06. The molecule has 0 aliphatic carbocycles. The average molecular weight is 202 g/mol. The van der Waals surface area contributed by atoms with Crippen molar-refractivity contribution in [1.29, 1.82) is 0 Å². The number of hydrogen-bond acceptors (Lipinski definition) is 3. The molecule has 1 fully saturated rings. The van der Waals surface area contributed by atoms with Gasteiger partial charge in [-0.15, -0.1) is 0 Å². The summed E-state index contributed by atoms with van der Waals surface area (Å²) < 4.78 is 0. The van der Waals surface area contributed by atoms with Crippen molar-refractivity contribution in [2.75, 3.05) is 18.0 Å². The molecule has 3 rings (SSSR count). The number of nitrogens with zero attached hydrogens (tertiary/aromatic N) is 3. The third kappa shape index (κ3) is 1.37. The van der Waals surface area contributed by atoms with E-state index in [1.54, 1.807) is 6.33 Å². The minimum atomic E-state index is 0.772. The second-order valence-corrected chi connectivity index (χ2v) is 4.28. The van der Waals surface area contributed by atoms with Crippen molar-refractivity contribution in [3.63, 3.8) is 0 Å². The van der Waals surface area contributed by atoms with E-state index >= 15 is 0 Å². The molecule has 1 N–H and O–H groups in total. The molecule has 0 aromatic carbocycles. The second kappa shape index (κ2) is 3.22. The number of hydrogen-bond donors (Lipinski definition) is 1. The molecule has 2 aromatic heterocycles. The molecule has 78 valence electrons. The van der Waals surface area contributed by atoms with Gasteiger partial charge in [0.2, 0.25) is 0 Å². The maximum absolute atomic E-state index is 4.39. The lowest BCUT2D eigenvalue weighted by Crippen LogP contribution is -2.20. The summed E-state index contributed by atoms with van der Waals surface area (Å²) in [5.41, 5.74) is 0.930. The van der Waals surface area contributed by atoms with Crippen molar-refractivity contribution in [1.82, 2.24) is 15.0 Å². The Hall–Kier alpha value is -1.58. The van der Waals surface area contributed by atoms with Gasteiger partial charge in [0.1, 0.15) is 17.8 Å². The molecule has 0 saturated carbocycles. The highest BCUT2D eigenvalue weighted by Gasteiger charge is 2.21. The number of fused-ring (bicyclic) bond motifs is 1. The van der Waals surface area contributed by atoms with Crippen LogP contribution in [0.5, 0.6) is 0 Å². The van der Waals surface area contributed by atoms with Crippen molar-refractivity contribution in [3.05, 3.63) is 18.6 Å². The lowest BCUT2D eigenvalue weighted by molar-refractivity contribution is 0.659. The fraction of sp³-hybridized carbons (Fsp3) is 0.455. The standard InChI is InChI=1S/C11H14N4/c1-8-3-5-15(6-8)11-9-2-4-12-10(9)13-7-14-11/h2,4,7-8H,3,5-6H2,1H3,(H,12,13,14). The van der Waals surface area contributed by atoms with Gasteiger partial charge in [0, 0.05) is 19.3 Å². The number of aromatic amines is 1. The van der Waals surface area contributed by atoms with Crippen molar-refractivity contribution >= 4 is 16.9 Å². The monoisotopic (exact) mass is 202 g/mol. The summed E-state index contributed by atoms with van der Waals surface area (Å²) in [6, 6.07) is 2.05. The van der Waals surface area contributed by atoms with Crippen molar-refractivity contribution in [3.8, 4) is 0 Å².